The molecule has 1 saturated heterocycles. The van der Waals surface area contributed by atoms with E-state index in [-0.39, 0.29) is 17.9 Å². The lowest BCUT2D eigenvalue weighted by Crippen LogP contribution is -2.32. The van der Waals surface area contributed by atoms with Crippen LogP contribution in [0.4, 0.5) is 0 Å². The molecule has 4 heteroatoms. The molecule has 0 saturated carbocycles. The molecule has 1 heterocycles. The number of nitrogens with two attached hydrogens (primary N) is 1. The molecule has 94 valence electrons. The van der Waals surface area contributed by atoms with Crippen LogP contribution in [0.2, 0.25) is 0 Å². The van der Waals surface area contributed by atoms with Crippen LogP contribution >= 0.6 is 0 Å². The fourth-order valence-corrected chi connectivity index (χ4v) is 2.18. The van der Waals surface area contributed by atoms with Crippen molar-refractivity contribution in [1.82, 2.24) is 4.90 Å². The maximum absolute atomic E-state index is 11.9. The Morgan fingerprint density at radius 1 is 1.62 bits per heavy atom. The molecule has 0 bridgehead atoms. The number of likely N-dealkylation sites (tertiary alicyclic amines) is 1. The molecule has 0 aliphatic carbocycles. The lowest BCUT2D eigenvalue weighted by atomic mass is 10.0. The summed E-state index contributed by atoms with van der Waals surface area (Å²) < 4.78 is 0. The molecule has 0 aromatic carbocycles. The number of carbonyl (C=O) groups is 1. The van der Waals surface area contributed by atoms with Crippen LogP contribution in [-0.2, 0) is 4.79 Å². The topological polar surface area (TPSA) is 66.6 Å². The molecule has 0 aromatic heterocycles. The standard InChI is InChI=1S/C12H24N2O2/c1-3-10(7-13)6-12(16)14-5-4-11(8-14)9(2)15/h9-11,15H,3-8,13H2,1-2H3. The van der Waals surface area contributed by atoms with Gasteiger partial charge in [-0.3, -0.25) is 4.79 Å². The average Bonchev–Trinajstić information content (AvgIpc) is 2.74. The minimum absolute atomic E-state index is 0.195. The second-order valence-electron chi connectivity index (χ2n) is 4.84. The van der Waals surface area contributed by atoms with Gasteiger partial charge in [-0.15, -0.1) is 0 Å². The van der Waals surface area contributed by atoms with Crippen molar-refractivity contribution in [2.75, 3.05) is 19.6 Å². The van der Waals surface area contributed by atoms with Crippen LogP contribution in [0.15, 0.2) is 0 Å². The summed E-state index contributed by atoms with van der Waals surface area (Å²) >= 11 is 0. The van der Waals surface area contributed by atoms with Gasteiger partial charge >= 0.3 is 0 Å². The summed E-state index contributed by atoms with van der Waals surface area (Å²) in [4.78, 5) is 13.8. The molecule has 3 N–H and O–H groups in total. The summed E-state index contributed by atoms with van der Waals surface area (Å²) in [6, 6.07) is 0. The summed E-state index contributed by atoms with van der Waals surface area (Å²) in [5, 5.41) is 9.47. The fraction of sp³-hybridized carbons (Fsp3) is 0.917. The van der Waals surface area contributed by atoms with Crippen molar-refractivity contribution in [2.45, 2.75) is 39.2 Å². The molecule has 0 aromatic rings. The van der Waals surface area contributed by atoms with Gasteiger partial charge in [-0.25, -0.2) is 0 Å². The van der Waals surface area contributed by atoms with Crippen molar-refractivity contribution in [1.29, 1.82) is 0 Å². The summed E-state index contributed by atoms with van der Waals surface area (Å²) in [5.74, 6) is 0.750. The van der Waals surface area contributed by atoms with E-state index >= 15 is 0 Å². The van der Waals surface area contributed by atoms with Crippen molar-refractivity contribution in [3.05, 3.63) is 0 Å². The summed E-state index contributed by atoms with van der Waals surface area (Å²) in [5.41, 5.74) is 5.60. The van der Waals surface area contributed by atoms with Crippen molar-refractivity contribution < 1.29 is 9.90 Å². The van der Waals surface area contributed by atoms with Crippen LogP contribution < -0.4 is 5.73 Å². The van der Waals surface area contributed by atoms with E-state index in [1.807, 2.05) is 4.90 Å². The Kier molecular flexibility index (Phi) is 5.22. The molecule has 3 unspecified atom stereocenters. The van der Waals surface area contributed by atoms with Gasteiger partial charge in [0.15, 0.2) is 0 Å². The number of carbonyl (C=O) groups excluding carboxylic acids is 1. The Hall–Kier alpha value is -0.610. The second-order valence-corrected chi connectivity index (χ2v) is 4.84. The minimum Gasteiger partial charge on any atom is -0.393 e. The number of hydrogen-bond donors (Lipinski definition) is 2. The van der Waals surface area contributed by atoms with Gasteiger partial charge in [0.2, 0.25) is 5.91 Å². The SMILES string of the molecule is CCC(CN)CC(=O)N1CCC(C(C)O)C1. The highest BCUT2D eigenvalue weighted by atomic mass is 16.3. The van der Waals surface area contributed by atoms with Crippen molar-refractivity contribution in [3.63, 3.8) is 0 Å². The Bertz CT molecular complexity index is 227. The maximum atomic E-state index is 11.9. The van der Waals surface area contributed by atoms with E-state index in [9.17, 15) is 9.90 Å². The van der Waals surface area contributed by atoms with E-state index in [1.165, 1.54) is 0 Å². The van der Waals surface area contributed by atoms with E-state index in [2.05, 4.69) is 6.92 Å². The largest absolute Gasteiger partial charge is 0.393 e. The van der Waals surface area contributed by atoms with Crippen LogP contribution in [0.1, 0.15) is 33.1 Å². The number of aliphatic hydroxyl groups excluding tert-OH is 1. The Morgan fingerprint density at radius 3 is 2.75 bits per heavy atom. The van der Waals surface area contributed by atoms with Gasteiger partial charge in [0.05, 0.1) is 6.10 Å². The Balaban J connectivity index is 2.39. The zero-order valence-electron chi connectivity index (χ0n) is 10.4. The third-order valence-electron chi connectivity index (χ3n) is 3.63. The van der Waals surface area contributed by atoms with Crippen LogP contribution in [0.5, 0.6) is 0 Å². The number of amides is 1. The molecule has 0 spiro atoms. The van der Waals surface area contributed by atoms with Crippen LogP contribution in [0, 0.1) is 11.8 Å². The lowest BCUT2D eigenvalue weighted by molar-refractivity contribution is -0.131. The first-order valence-corrected chi connectivity index (χ1v) is 6.24. The van der Waals surface area contributed by atoms with Crippen molar-refractivity contribution >= 4 is 5.91 Å². The molecule has 1 amide bonds. The van der Waals surface area contributed by atoms with Gasteiger partial charge in [0.1, 0.15) is 0 Å². The smallest absolute Gasteiger partial charge is 0.222 e. The number of hydrogen-bond acceptors (Lipinski definition) is 3. The molecule has 4 nitrogen and oxygen atoms in total. The van der Waals surface area contributed by atoms with Crippen molar-refractivity contribution in [2.24, 2.45) is 17.6 Å². The summed E-state index contributed by atoms with van der Waals surface area (Å²) in [7, 11) is 0. The molecular weight excluding hydrogens is 204 g/mol. The van der Waals surface area contributed by atoms with Gasteiger partial charge in [-0.05, 0) is 25.8 Å². The highest BCUT2D eigenvalue weighted by Gasteiger charge is 2.29. The fourth-order valence-electron chi connectivity index (χ4n) is 2.18. The van der Waals surface area contributed by atoms with E-state index in [0.717, 1.165) is 19.4 Å². The highest BCUT2D eigenvalue weighted by Crippen LogP contribution is 2.21. The maximum Gasteiger partial charge on any atom is 0.222 e. The normalized spacial score (nSPS) is 24.5. The van der Waals surface area contributed by atoms with Crippen molar-refractivity contribution in [3.8, 4) is 0 Å². The highest BCUT2D eigenvalue weighted by molar-refractivity contribution is 5.76. The van der Waals surface area contributed by atoms with Crippen LogP contribution in [-0.4, -0.2) is 41.7 Å². The number of aliphatic hydroxyl groups is 1. The van der Waals surface area contributed by atoms with E-state index < -0.39 is 0 Å². The molecule has 1 fully saturated rings. The monoisotopic (exact) mass is 228 g/mol. The molecule has 1 rings (SSSR count). The molecular formula is C12H24N2O2. The molecule has 1 aliphatic rings. The van der Waals surface area contributed by atoms with E-state index in [0.29, 0.717) is 25.4 Å². The second kappa shape index (κ2) is 6.21. The summed E-state index contributed by atoms with van der Waals surface area (Å²) in [6.07, 6.45) is 2.12. The van der Waals surface area contributed by atoms with Gasteiger partial charge in [-0.2, -0.15) is 0 Å². The first kappa shape index (κ1) is 13.5. The first-order valence-electron chi connectivity index (χ1n) is 6.24. The Labute approximate surface area is 97.8 Å². The zero-order chi connectivity index (χ0) is 12.1. The molecule has 3 atom stereocenters. The van der Waals surface area contributed by atoms with Crippen LogP contribution in [0.25, 0.3) is 0 Å². The molecule has 16 heavy (non-hydrogen) atoms. The van der Waals surface area contributed by atoms with Gasteiger partial charge in [0.25, 0.3) is 0 Å². The van der Waals surface area contributed by atoms with Crippen LogP contribution in [0.3, 0.4) is 0 Å². The quantitative estimate of drug-likeness (QED) is 0.724. The molecule has 0 radical (unpaired) electrons. The third-order valence-corrected chi connectivity index (χ3v) is 3.63. The van der Waals surface area contributed by atoms with E-state index in [4.69, 9.17) is 5.73 Å². The van der Waals surface area contributed by atoms with Gasteiger partial charge in [0, 0.05) is 25.4 Å². The molecule has 1 aliphatic heterocycles. The number of nitrogens with zero attached hydrogens (tertiary/aromatic N) is 1. The Morgan fingerprint density at radius 2 is 2.31 bits per heavy atom. The predicted octanol–water partition coefficient (Wildman–Crippen LogP) is 0.591. The first-order chi connectivity index (χ1) is 7.58. The lowest BCUT2D eigenvalue weighted by Gasteiger charge is -2.20. The number of rotatable bonds is 5. The van der Waals surface area contributed by atoms with E-state index in [1.54, 1.807) is 6.92 Å². The predicted molar refractivity (Wildman–Crippen MR) is 63.8 cm³/mol. The van der Waals surface area contributed by atoms with Gasteiger partial charge < -0.3 is 15.7 Å². The van der Waals surface area contributed by atoms with Gasteiger partial charge in [-0.1, -0.05) is 13.3 Å². The third kappa shape index (κ3) is 3.46. The average molecular weight is 228 g/mol. The zero-order valence-corrected chi connectivity index (χ0v) is 10.4. The summed E-state index contributed by atoms with van der Waals surface area (Å²) in [6.45, 7) is 5.93. The minimum atomic E-state index is -0.311.